The van der Waals surface area contributed by atoms with Crippen LogP contribution in [0.3, 0.4) is 0 Å². The number of halogens is 2. The molecule has 0 aliphatic carbocycles. The Morgan fingerprint density at radius 2 is 2.08 bits per heavy atom. The number of allylic oxidation sites excluding steroid dienone is 2. The molecule has 2 heterocycles. The quantitative estimate of drug-likeness (QED) is 0.415. The van der Waals surface area contributed by atoms with Gasteiger partial charge < -0.3 is 14.8 Å². The number of imidazole rings is 1. The highest BCUT2D eigenvalue weighted by molar-refractivity contribution is 9.13. The lowest BCUT2D eigenvalue weighted by Gasteiger charge is -2.28. The Morgan fingerprint density at radius 1 is 1.40 bits per heavy atom. The normalized spacial score (nSPS) is 14.8. The zero-order chi connectivity index (χ0) is 18.1. The third-order valence-corrected chi connectivity index (χ3v) is 6.12. The summed E-state index contributed by atoms with van der Waals surface area (Å²) in [5.41, 5.74) is 2.36. The Bertz CT molecular complexity index is 852. The number of piperazine rings is 1. The maximum atomic E-state index is 11.6. The molecule has 1 fully saturated rings. The fourth-order valence-corrected chi connectivity index (χ4v) is 3.75. The van der Waals surface area contributed by atoms with Crippen LogP contribution in [0.2, 0.25) is 0 Å². The van der Waals surface area contributed by atoms with Crippen LogP contribution in [0.5, 0.6) is 0 Å². The molecule has 1 aromatic heterocycles. The summed E-state index contributed by atoms with van der Waals surface area (Å²) in [5, 5.41) is 14.9. The number of fused-ring (bicyclic) bond motifs is 1. The van der Waals surface area contributed by atoms with E-state index in [9.17, 15) is 10.1 Å². The standard InChI is InChI=1S/C16H19Br2N5O2/c1-10(2)3-6-22-12-9-11(17)13(18)15(23(24)25)14(12)20-16(22)21-7-4-19-5-8-21/h3,9,19H,4-8H2,1-2H3. The molecule has 9 heteroatoms. The molecule has 0 radical (unpaired) electrons. The molecule has 0 spiro atoms. The van der Waals surface area contributed by atoms with Gasteiger partial charge in [-0.15, -0.1) is 0 Å². The van der Waals surface area contributed by atoms with E-state index >= 15 is 0 Å². The van der Waals surface area contributed by atoms with Crippen LogP contribution in [-0.2, 0) is 6.54 Å². The number of anilines is 1. The highest BCUT2D eigenvalue weighted by atomic mass is 79.9. The van der Waals surface area contributed by atoms with Crippen LogP contribution < -0.4 is 10.2 Å². The van der Waals surface area contributed by atoms with Crippen LogP contribution in [0, 0.1) is 10.1 Å². The van der Waals surface area contributed by atoms with Crippen molar-refractivity contribution in [2.75, 3.05) is 31.1 Å². The Labute approximate surface area is 162 Å². The van der Waals surface area contributed by atoms with Gasteiger partial charge in [0.15, 0.2) is 5.52 Å². The topological polar surface area (TPSA) is 76.2 Å². The zero-order valence-corrected chi connectivity index (χ0v) is 17.2. The van der Waals surface area contributed by atoms with Crippen LogP contribution >= 0.6 is 31.9 Å². The summed E-state index contributed by atoms with van der Waals surface area (Å²) in [6.07, 6.45) is 2.11. The molecular weight excluding hydrogens is 454 g/mol. The molecule has 3 rings (SSSR count). The van der Waals surface area contributed by atoms with E-state index in [1.807, 2.05) is 19.9 Å². The van der Waals surface area contributed by atoms with Gasteiger partial charge in [0.25, 0.3) is 0 Å². The Kier molecular flexibility index (Phi) is 5.45. The van der Waals surface area contributed by atoms with Gasteiger partial charge in [-0.05, 0) is 51.8 Å². The van der Waals surface area contributed by atoms with Gasteiger partial charge in [-0.2, -0.15) is 0 Å². The van der Waals surface area contributed by atoms with Crippen molar-refractivity contribution in [2.24, 2.45) is 0 Å². The van der Waals surface area contributed by atoms with Crippen molar-refractivity contribution in [3.05, 3.63) is 36.8 Å². The van der Waals surface area contributed by atoms with E-state index in [0.717, 1.165) is 37.6 Å². The first-order valence-electron chi connectivity index (χ1n) is 8.01. The molecule has 7 nitrogen and oxygen atoms in total. The first kappa shape index (κ1) is 18.3. The lowest BCUT2D eigenvalue weighted by atomic mass is 10.2. The first-order valence-corrected chi connectivity index (χ1v) is 9.60. The molecular formula is C16H19Br2N5O2. The fourth-order valence-electron chi connectivity index (χ4n) is 2.90. The highest BCUT2D eigenvalue weighted by Crippen LogP contribution is 2.40. The van der Waals surface area contributed by atoms with E-state index in [0.29, 0.717) is 21.0 Å². The van der Waals surface area contributed by atoms with Crippen LogP contribution in [0.15, 0.2) is 26.7 Å². The van der Waals surface area contributed by atoms with E-state index in [-0.39, 0.29) is 10.6 Å². The number of aromatic nitrogens is 2. The van der Waals surface area contributed by atoms with Crippen molar-refractivity contribution >= 4 is 54.5 Å². The smallest absolute Gasteiger partial charge is 0.312 e. The number of nitro benzene ring substituents is 1. The van der Waals surface area contributed by atoms with Crippen molar-refractivity contribution < 1.29 is 4.92 Å². The summed E-state index contributed by atoms with van der Waals surface area (Å²) >= 11 is 6.74. The maximum absolute atomic E-state index is 11.6. The number of benzene rings is 1. The molecule has 1 N–H and O–H groups in total. The van der Waals surface area contributed by atoms with Crippen LogP contribution in [-0.4, -0.2) is 40.7 Å². The van der Waals surface area contributed by atoms with E-state index in [1.165, 1.54) is 5.57 Å². The summed E-state index contributed by atoms with van der Waals surface area (Å²) in [4.78, 5) is 18.1. The first-order chi connectivity index (χ1) is 11.9. The second kappa shape index (κ2) is 7.43. The number of hydrogen-bond donors (Lipinski definition) is 1. The molecule has 25 heavy (non-hydrogen) atoms. The lowest BCUT2D eigenvalue weighted by Crippen LogP contribution is -2.44. The number of nitrogens with one attached hydrogen (secondary N) is 1. The average Bonchev–Trinajstić information content (AvgIpc) is 2.92. The van der Waals surface area contributed by atoms with Gasteiger partial charge in [0.05, 0.1) is 10.4 Å². The predicted octanol–water partition coefficient (Wildman–Crippen LogP) is 3.85. The Balaban J connectivity index is 2.26. The second-order valence-electron chi connectivity index (χ2n) is 6.19. The lowest BCUT2D eigenvalue weighted by molar-refractivity contribution is -0.384. The zero-order valence-electron chi connectivity index (χ0n) is 14.1. The van der Waals surface area contributed by atoms with Gasteiger partial charge >= 0.3 is 5.69 Å². The molecule has 2 aromatic rings. The van der Waals surface area contributed by atoms with Crippen molar-refractivity contribution in [1.82, 2.24) is 14.9 Å². The molecule has 1 saturated heterocycles. The number of rotatable bonds is 4. The monoisotopic (exact) mass is 471 g/mol. The van der Waals surface area contributed by atoms with Crippen LogP contribution in [0.1, 0.15) is 13.8 Å². The fraction of sp³-hybridized carbons (Fsp3) is 0.438. The van der Waals surface area contributed by atoms with E-state index in [2.05, 4.69) is 57.7 Å². The molecule has 1 aliphatic rings. The molecule has 0 bridgehead atoms. The summed E-state index contributed by atoms with van der Waals surface area (Å²) in [7, 11) is 0. The molecule has 1 aliphatic heterocycles. The minimum Gasteiger partial charge on any atom is -0.340 e. The summed E-state index contributed by atoms with van der Waals surface area (Å²) in [6.45, 7) is 8.12. The third-order valence-electron chi connectivity index (χ3n) is 4.16. The van der Waals surface area contributed by atoms with Crippen LogP contribution in [0.4, 0.5) is 11.6 Å². The number of hydrogen-bond acceptors (Lipinski definition) is 5. The molecule has 0 amide bonds. The van der Waals surface area contributed by atoms with Crippen molar-refractivity contribution in [1.29, 1.82) is 0 Å². The van der Waals surface area contributed by atoms with Gasteiger partial charge in [-0.1, -0.05) is 11.6 Å². The van der Waals surface area contributed by atoms with E-state index in [1.54, 1.807) is 0 Å². The minimum atomic E-state index is -0.378. The van der Waals surface area contributed by atoms with Gasteiger partial charge in [0.2, 0.25) is 5.95 Å². The Hall–Kier alpha value is -1.45. The summed E-state index contributed by atoms with van der Waals surface area (Å²) < 4.78 is 3.12. The maximum Gasteiger partial charge on any atom is 0.312 e. The van der Waals surface area contributed by atoms with E-state index in [4.69, 9.17) is 0 Å². The average molecular weight is 473 g/mol. The summed E-state index contributed by atoms with van der Waals surface area (Å²) in [5.74, 6) is 0.780. The Morgan fingerprint density at radius 3 is 2.68 bits per heavy atom. The molecule has 0 atom stereocenters. The van der Waals surface area contributed by atoms with Crippen molar-refractivity contribution in [3.8, 4) is 0 Å². The highest BCUT2D eigenvalue weighted by Gasteiger charge is 2.27. The van der Waals surface area contributed by atoms with E-state index < -0.39 is 0 Å². The van der Waals surface area contributed by atoms with Gasteiger partial charge in [-0.3, -0.25) is 10.1 Å². The predicted molar refractivity (Wildman–Crippen MR) is 106 cm³/mol. The second-order valence-corrected chi connectivity index (χ2v) is 7.83. The van der Waals surface area contributed by atoms with Crippen LogP contribution in [0.25, 0.3) is 11.0 Å². The SMILES string of the molecule is CC(C)=CCn1c(N2CCNCC2)nc2c([N+](=O)[O-])c(Br)c(Br)cc21. The van der Waals surface area contributed by atoms with Crippen molar-refractivity contribution in [2.45, 2.75) is 20.4 Å². The number of nitro groups is 1. The molecule has 0 unspecified atom stereocenters. The van der Waals surface area contributed by atoms with Gasteiger partial charge in [0, 0.05) is 37.2 Å². The van der Waals surface area contributed by atoms with Gasteiger partial charge in [-0.25, -0.2) is 4.98 Å². The molecule has 0 saturated carbocycles. The van der Waals surface area contributed by atoms with Crippen molar-refractivity contribution in [3.63, 3.8) is 0 Å². The number of nitrogens with zero attached hydrogens (tertiary/aromatic N) is 4. The molecule has 134 valence electrons. The largest absolute Gasteiger partial charge is 0.340 e. The molecule has 1 aromatic carbocycles. The summed E-state index contributed by atoms with van der Waals surface area (Å²) in [6, 6.07) is 1.89. The van der Waals surface area contributed by atoms with Gasteiger partial charge in [0.1, 0.15) is 4.47 Å². The third kappa shape index (κ3) is 3.58. The minimum absolute atomic E-state index is 0.00305.